The van der Waals surface area contributed by atoms with E-state index in [4.69, 9.17) is 21.5 Å². The molecule has 0 saturated heterocycles. The van der Waals surface area contributed by atoms with Crippen LogP contribution in [0.5, 0.6) is 5.75 Å². The monoisotopic (exact) mass is 492 g/mol. The van der Waals surface area contributed by atoms with Crippen LogP contribution in [0.2, 0.25) is 5.02 Å². The maximum atomic E-state index is 12.3. The first-order chi connectivity index (χ1) is 15.8. The number of benzene rings is 2. The van der Waals surface area contributed by atoms with Crippen molar-refractivity contribution in [2.24, 2.45) is 5.14 Å². The van der Waals surface area contributed by atoms with Gasteiger partial charge in [0, 0.05) is 31.0 Å². The molecule has 3 N–H and O–H groups in total. The molecule has 0 unspecified atom stereocenters. The van der Waals surface area contributed by atoms with Crippen LogP contribution in [0.25, 0.3) is 11.0 Å². The highest BCUT2D eigenvalue weighted by atomic mass is 35.5. The van der Waals surface area contributed by atoms with Crippen molar-refractivity contribution in [2.75, 3.05) is 13.2 Å². The summed E-state index contributed by atoms with van der Waals surface area (Å²) in [6.07, 6.45) is 3.28. The average molecular weight is 493 g/mol. The Hall–Kier alpha value is -2.62. The van der Waals surface area contributed by atoms with Crippen molar-refractivity contribution in [3.63, 3.8) is 0 Å². The summed E-state index contributed by atoms with van der Waals surface area (Å²) in [4.78, 5) is 16.9. The number of amides is 1. The van der Waals surface area contributed by atoms with Crippen molar-refractivity contribution in [1.29, 1.82) is 0 Å². The van der Waals surface area contributed by atoms with Crippen molar-refractivity contribution in [1.82, 2.24) is 14.9 Å². The summed E-state index contributed by atoms with van der Waals surface area (Å²) in [7, 11) is -3.80. The highest BCUT2D eigenvalue weighted by Gasteiger charge is 2.15. The normalized spacial score (nSPS) is 11.6. The van der Waals surface area contributed by atoms with Crippen LogP contribution >= 0.6 is 11.6 Å². The van der Waals surface area contributed by atoms with Gasteiger partial charge >= 0.3 is 0 Å². The minimum Gasteiger partial charge on any atom is -0.494 e. The van der Waals surface area contributed by atoms with Crippen LogP contribution < -0.4 is 15.2 Å². The Morgan fingerprint density at radius 1 is 1.18 bits per heavy atom. The third kappa shape index (κ3) is 7.18. The lowest BCUT2D eigenvalue weighted by Crippen LogP contribution is -2.25. The molecule has 1 amide bonds. The van der Waals surface area contributed by atoms with Crippen molar-refractivity contribution in [2.45, 2.75) is 50.5 Å². The standard InChI is InChI=1S/C23H29ClN4O4S/c1-2-14-28-21-10-9-19(33(25,30)31)16-20(21)27-22(28)11-12-23(29)26-13-3-4-15-32-18-7-5-17(24)6-8-18/h5-10,16H,2-4,11-15H2,1H3,(H,26,29)(H2,25,30,31). The first kappa shape index (κ1) is 25.0. The van der Waals surface area contributed by atoms with Gasteiger partial charge in [0.25, 0.3) is 0 Å². The number of halogens is 1. The van der Waals surface area contributed by atoms with Crippen LogP contribution in [0.1, 0.15) is 38.4 Å². The highest BCUT2D eigenvalue weighted by molar-refractivity contribution is 7.89. The molecular weight excluding hydrogens is 464 g/mol. The van der Waals surface area contributed by atoms with E-state index >= 15 is 0 Å². The molecule has 1 heterocycles. The smallest absolute Gasteiger partial charge is 0.238 e. The van der Waals surface area contributed by atoms with Crippen molar-refractivity contribution >= 4 is 38.6 Å². The summed E-state index contributed by atoms with van der Waals surface area (Å²) < 4.78 is 30.9. The zero-order chi connectivity index (χ0) is 23.8. The van der Waals surface area contributed by atoms with Gasteiger partial charge in [0.2, 0.25) is 15.9 Å². The predicted molar refractivity (Wildman–Crippen MR) is 129 cm³/mol. The first-order valence-electron chi connectivity index (χ1n) is 10.9. The number of sulfonamides is 1. The molecular formula is C23H29ClN4O4S. The lowest BCUT2D eigenvalue weighted by molar-refractivity contribution is -0.121. The molecule has 0 radical (unpaired) electrons. The molecule has 10 heteroatoms. The molecule has 3 rings (SSSR count). The third-order valence-electron chi connectivity index (χ3n) is 5.13. The van der Waals surface area contributed by atoms with E-state index in [0.717, 1.165) is 42.9 Å². The number of fused-ring (bicyclic) bond motifs is 1. The number of ether oxygens (including phenoxy) is 1. The molecule has 1 aromatic heterocycles. The van der Waals surface area contributed by atoms with Gasteiger partial charge in [-0.25, -0.2) is 18.5 Å². The highest BCUT2D eigenvalue weighted by Crippen LogP contribution is 2.21. The fourth-order valence-electron chi connectivity index (χ4n) is 3.49. The molecule has 2 aromatic carbocycles. The van der Waals surface area contributed by atoms with E-state index in [1.165, 1.54) is 12.1 Å². The van der Waals surface area contributed by atoms with Gasteiger partial charge in [0.15, 0.2) is 0 Å². The van der Waals surface area contributed by atoms with E-state index in [-0.39, 0.29) is 10.8 Å². The number of primary sulfonamides is 1. The predicted octanol–water partition coefficient (Wildman–Crippen LogP) is 3.66. The fraction of sp³-hybridized carbons (Fsp3) is 0.391. The number of rotatable bonds is 12. The summed E-state index contributed by atoms with van der Waals surface area (Å²) in [6.45, 7) is 3.93. The van der Waals surface area contributed by atoms with E-state index in [0.29, 0.717) is 36.5 Å². The quantitative estimate of drug-likeness (QED) is 0.374. The molecule has 0 saturated carbocycles. The number of nitrogens with two attached hydrogens (primary N) is 1. The van der Waals surface area contributed by atoms with Gasteiger partial charge in [-0.15, -0.1) is 0 Å². The Labute approximate surface area is 199 Å². The van der Waals surface area contributed by atoms with Crippen LogP contribution in [0.3, 0.4) is 0 Å². The molecule has 33 heavy (non-hydrogen) atoms. The Kier molecular flexibility index (Phi) is 8.71. The van der Waals surface area contributed by atoms with E-state index in [1.54, 1.807) is 18.2 Å². The van der Waals surface area contributed by atoms with E-state index < -0.39 is 10.0 Å². The lowest BCUT2D eigenvalue weighted by Gasteiger charge is -2.09. The number of unbranched alkanes of at least 4 members (excludes halogenated alkanes) is 1. The molecule has 0 bridgehead atoms. The summed E-state index contributed by atoms with van der Waals surface area (Å²) in [6, 6.07) is 11.9. The minimum atomic E-state index is -3.80. The van der Waals surface area contributed by atoms with E-state index in [2.05, 4.69) is 17.2 Å². The van der Waals surface area contributed by atoms with Crippen LogP contribution in [-0.4, -0.2) is 37.0 Å². The van der Waals surface area contributed by atoms with Crippen LogP contribution in [0, 0.1) is 0 Å². The minimum absolute atomic E-state index is 0.0282. The lowest BCUT2D eigenvalue weighted by atomic mass is 10.2. The number of nitrogens with zero attached hydrogens (tertiary/aromatic N) is 2. The molecule has 0 atom stereocenters. The summed E-state index contributed by atoms with van der Waals surface area (Å²) in [5.74, 6) is 1.48. The molecule has 0 aliphatic rings. The van der Waals surface area contributed by atoms with Crippen molar-refractivity contribution < 1.29 is 17.9 Å². The molecule has 8 nitrogen and oxygen atoms in total. The Bertz CT molecular complexity index is 1190. The number of aromatic nitrogens is 2. The van der Waals surface area contributed by atoms with Gasteiger partial charge in [0.05, 0.1) is 22.5 Å². The Morgan fingerprint density at radius 3 is 2.64 bits per heavy atom. The molecule has 3 aromatic rings. The van der Waals surface area contributed by atoms with E-state index in [1.807, 2.05) is 16.7 Å². The van der Waals surface area contributed by atoms with Gasteiger partial charge in [0.1, 0.15) is 11.6 Å². The second kappa shape index (κ2) is 11.5. The zero-order valence-electron chi connectivity index (χ0n) is 18.6. The molecule has 0 aliphatic heterocycles. The van der Waals surface area contributed by atoms with Gasteiger partial charge in [-0.1, -0.05) is 18.5 Å². The van der Waals surface area contributed by atoms with Gasteiger partial charge in [-0.3, -0.25) is 4.79 Å². The topological polar surface area (TPSA) is 116 Å². The molecule has 0 spiro atoms. The maximum absolute atomic E-state index is 12.3. The number of nitrogens with one attached hydrogen (secondary N) is 1. The maximum Gasteiger partial charge on any atom is 0.238 e. The fourth-order valence-corrected chi connectivity index (χ4v) is 4.15. The van der Waals surface area contributed by atoms with Crippen molar-refractivity contribution in [3.8, 4) is 5.75 Å². The number of aryl methyl sites for hydroxylation is 2. The average Bonchev–Trinajstić information content (AvgIpc) is 3.12. The summed E-state index contributed by atoms with van der Waals surface area (Å²) in [5.41, 5.74) is 1.39. The van der Waals surface area contributed by atoms with Crippen LogP contribution in [0.15, 0.2) is 47.4 Å². The second-order valence-electron chi connectivity index (χ2n) is 7.73. The number of carbonyl (C=O) groups excluding carboxylic acids is 1. The number of carbonyl (C=O) groups is 1. The number of imidazole rings is 1. The molecule has 0 aliphatic carbocycles. The second-order valence-corrected chi connectivity index (χ2v) is 9.73. The zero-order valence-corrected chi connectivity index (χ0v) is 20.2. The SMILES string of the molecule is CCCn1c(CCC(=O)NCCCCOc2ccc(Cl)cc2)nc2cc(S(N)(=O)=O)ccc21. The summed E-state index contributed by atoms with van der Waals surface area (Å²) >= 11 is 5.85. The molecule has 0 fully saturated rings. The largest absolute Gasteiger partial charge is 0.494 e. The molecule has 178 valence electrons. The van der Waals surface area contributed by atoms with Gasteiger partial charge in [-0.2, -0.15) is 0 Å². The number of hydrogen-bond donors (Lipinski definition) is 2. The van der Waals surface area contributed by atoms with Gasteiger partial charge in [-0.05, 0) is 61.7 Å². The van der Waals surface area contributed by atoms with Crippen molar-refractivity contribution in [3.05, 3.63) is 53.3 Å². The van der Waals surface area contributed by atoms with E-state index in [9.17, 15) is 13.2 Å². The number of hydrogen-bond acceptors (Lipinski definition) is 5. The third-order valence-corrected chi connectivity index (χ3v) is 6.29. The van der Waals surface area contributed by atoms with Crippen LogP contribution in [-0.2, 0) is 27.8 Å². The Morgan fingerprint density at radius 2 is 1.94 bits per heavy atom. The Balaban J connectivity index is 1.47. The first-order valence-corrected chi connectivity index (χ1v) is 12.9. The van der Waals surface area contributed by atoms with Crippen LogP contribution in [0.4, 0.5) is 0 Å². The summed E-state index contributed by atoms with van der Waals surface area (Å²) in [5, 5.41) is 8.83. The van der Waals surface area contributed by atoms with Gasteiger partial charge < -0.3 is 14.6 Å².